The molecule has 2 aromatic heterocycles. The molecule has 0 aromatic carbocycles. The number of rotatable bonds is 3. The first kappa shape index (κ1) is 12.3. The van der Waals surface area contributed by atoms with Gasteiger partial charge in [-0.2, -0.15) is 5.10 Å². The number of aromatic amines is 1. The minimum atomic E-state index is 0.168. The maximum atomic E-state index is 5.98. The van der Waals surface area contributed by atoms with Crippen molar-refractivity contribution in [2.75, 3.05) is 11.9 Å². The van der Waals surface area contributed by atoms with Gasteiger partial charge >= 0.3 is 0 Å². The van der Waals surface area contributed by atoms with Gasteiger partial charge in [-0.05, 0) is 32.1 Å². The number of nitrogens with one attached hydrogen (secondary N) is 2. The van der Waals surface area contributed by atoms with E-state index in [-0.39, 0.29) is 5.60 Å². The van der Waals surface area contributed by atoms with Crippen molar-refractivity contribution in [1.82, 2.24) is 15.2 Å². The van der Waals surface area contributed by atoms with Crippen LogP contribution in [0.15, 0.2) is 17.8 Å². The van der Waals surface area contributed by atoms with Gasteiger partial charge in [-0.25, -0.2) is 4.98 Å². The molecule has 0 radical (unpaired) electrons. The van der Waals surface area contributed by atoms with Crippen LogP contribution in [-0.2, 0) is 4.74 Å². The molecule has 1 unspecified atom stereocenters. The highest BCUT2D eigenvalue weighted by Gasteiger charge is 2.42. The van der Waals surface area contributed by atoms with E-state index in [1.54, 1.807) is 11.3 Å². The molecular weight excluding hydrogens is 272 g/mol. The third-order valence-electron chi connectivity index (χ3n) is 4.40. The van der Waals surface area contributed by atoms with Crippen molar-refractivity contribution in [2.45, 2.75) is 43.7 Å². The highest BCUT2D eigenvalue weighted by atomic mass is 32.1. The average Bonchev–Trinajstić information content (AvgIpc) is 3.07. The van der Waals surface area contributed by atoms with Crippen molar-refractivity contribution in [2.24, 2.45) is 0 Å². The normalized spacial score (nSPS) is 24.5. The Kier molecular flexibility index (Phi) is 3.00. The quantitative estimate of drug-likeness (QED) is 0.912. The van der Waals surface area contributed by atoms with E-state index in [1.807, 2.05) is 17.8 Å². The monoisotopic (exact) mass is 290 g/mol. The third kappa shape index (κ3) is 2.13. The molecule has 2 aliphatic rings. The highest BCUT2D eigenvalue weighted by Crippen LogP contribution is 2.43. The number of H-pyrrole nitrogens is 1. The van der Waals surface area contributed by atoms with Gasteiger partial charge in [-0.1, -0.05) is 0 Å². The van der Waals surface area contributed by atoms with E-state index >= 15 is 0 Å². The Morgan fingerprint density at radius 1 is 1.45 bits per heavy atom. The van der Waals surface area contributed by atoms with Gasteiger partial charge in [-0.15, -0.1) is 11.3 Å². The van der Waals surface area contributed by atoms with Crippen LogP contribution in [0.3, 0.4) is 0 Å². The summed E-state index contributed by atoms with van der Waals surface area (Å²) in [6.07, 6.45) is 9.59. The van der Waals surface area contributed by atoms with Crippen molar-refractivity contribution in [3.05, 3.63) is 17.8 Å². The summed E-state index contributed by atoms with van der Waals surface area (Å²) >= 11 is 1.63. The van der Waals surface area contributed by atoms with Gasteiger partial charge in [0.15, 0.2) is 0 Å². The van der Waals surface area contributed by atoms with E-state index in [0.717, 1.165) is 35.8 Å². The fourth-order valence-electron chi connectivity index (χ4n) is 3.20. The van der Waals surface area contributed by atoms with E-state index in [2.05, 4.69) is 20.5 Å². The Bertz CT molecular complexity index is 576. The van der Waals surface area contributed by atoms with Crippen molar-refractivity contribution in [1.29, 1.82) is 0 Å². The van der Waals surface area contributed by atoms with E-state index in [9.17, 15) is 0 Å². The Morgan fingerprint density at radius 2 is 2.40 bits per heavy atom. The third-order valence-corrected chi connectivity index (χ3v) is 5.19. The first-order valence-electron chi connectivity index (χ1n) is 7.18. The molecule has 0 bridgehead atoms. The van der Waals surface area contributed by atoms with Gasteiger partial charge in [0.2, 0.25) is 0 Å². The molecule has 1 saturated carbocycles. The fraction of sp³-hybridized carbons (Fsp3) is 0.571. The highest BCUT2D eigenvalue weighted by molar-refractivity contribution is 7.13. The van der Waals surface area contributed by atoms with Gasteiger partial charge < -0.3 is 10.1 Å². The van der Waals surface area contributed by atoms with Crippen LogP contribution < -0.4 is 5.32 Å². The summed E-state index contributed by atoms with van der Waals surface area (Å²) in [6, 6.07) is 0.473. The Morgan fingerprint density at radius 3 is 3.15 bits per heavy atom. The van der Waals surface area contributed by atoms with Crippen molar-refractivity contribution in [3.8, 4) is 10.7 Å². The SMILES string of the molecule is c1csc(-c2[nH]ncc2NC2CCOC3(CCC3)C2)n1. The van der Waals surface area contributed by atoms with Crippen LogP contribution in [0.4, 0.5) is 5.69 Å². The zero-order chi connectivity index (χ0) is 13.4. The largest absolute Gasteiger partial charge is 0.379 e. The minimum Gasteiger partial charge on any atom is -0.379 e. The molecule has 1 spiro atoms. The van der Waals surface area contributed by atoms with E-state index in [0.29, 0.717) is 6.04 Å². The second kappa shape index (κ2) is 4.86. The van der Waals surface area contributed by atoms with Crippen molar-refractivity contribution in [3.63, 3.8) is 0 Å². The number of thiazole rings is 1. The summed E-state index contributed by atoms with van der Waals surface area (Å²) in [5, 5.41) is 13.8. The predicted octanol–water partition coefficient (Wildman–Crippen LogP) is 3.05. The Labute approximate surface area is 121 Å². The van der Waals surface area contributed by atoms with Gasteiger partial charge in [0, 0.05) is 24.2 Å². The lowest BCUT2D eigenvalue weighted by atomic mass is 9.74. The molecule has 2 aromatic rings. The number of anilines is 1. The summed E-state index contributed by atoms with van der Waals surface area (Å²) in [4.78, 5) is 4.35. The van der Waals surface area contributed by atoms with Crippen LogP contribution in [0.5, 0.6) is 0 Å². The van der Waals surface area contributed by atoms with Gasteiger partial charge in [-0.3, -0.25) is 5.10 Å². The molecule has 2 fully saturated rings. The van der Waals surface area contributed by atoms with Crippen LogP contribution >= 0.6 is 11.3 Å². The smallest absolute Gasteiger partial charge is 0.143 e. The van der Waals surface area contributed by atoms with E-state index in [1.165, 1.54) is 19.3 Å². The second-order valence-corrected chi connectivity index (χ2v) is 6.61. The minimum absolute atomic E-state index is 0.168. The van der Waals surface area contributed by atoms with Crippen LogP contribution in [0.1, 0.15) is 32.1 Å². The Balaban J connectivity index is 1.50. The molecule has 3 heterocycles. The van der Waals surface area contributed by atoms with Crippen LogP contribution in [0, 0.1) is 0 Å². The van der Waals surface area contributed by atoms with Gasteiger partial charge in [0.05, 0.1) is 17.5 Å². The molecule has 20 heavy (non-hydrogen) atoms. The topological polar surface area (TPSA) is 62.8 Å². The van der Waals surface area contributed by atoms with Gasteiger partial charge in [0.1, 0.15) is 10.7 Å². The van der Waals surface area contributed by atoms with Gasteiger partial charge in [0.25, 0.3) is 0 Å². The summed E-state index contributed by atoms with van der Waals surface area (Å²) in [7, 11) is 0. The summed E-state index contributed by atoms with van der Waals surface area (Å²) in [5.74, 6) is 0. The predicted molar refractivity (Wildman–Crippen MR) is 78.9 cm³/mol. The summed E-state index contributed by atoms with van der Waals surface area (Å²) < 4.78 is 5.98. The lowest BCUT2D eigenvalue weighted by Gasteiger charge is -2.47. The Hall–Kier alpha value is -1.40. The van der Waals surface area contributed by atoms with Crippen LogP contribution in [-0.4, -0.2) is 33.4 Å². The molecule has 1 aliphatic carbocycles. The lowest BCUT2D eigenvalue weighted by Crippen LogP contribution is -2.49. The molecular formula is C14H18N4OS. The molecule has 1 saturated heterocycles. The molecule has 5 nitrogen and oxygen atoms in total. The van der Waals surface area contributed by atoms with Crippen LogP contribution in [0.2, 0.25) is 0 Å². The lowest BCUT2D eigenvalue weighted by molar-refractivity contribution is -0.130. The maximum Gasteiger partial charge on any atom is 0.143 e. The van der Waals surface area contributed by atoms with Crippen molar-refractivity contribution < 1.29 is 4.74 Å². The molecule has 0 amide bonds. The summed E-state index contributed by atoms with van der Waals surface area (Å²) in [6.45, 7) is 0.863. The summed E-state index contributed by atoms with van der Waals surface area (Å²) in [5.41, 5.74) is 2.22. The fourth-order valence-corrected chi connectivity index (χ4v) is 3.84. The molecule has 6 heteroatoms. The second-order valence-electron chi connectivity index (χ2n) is 5.72. The zero-order valence-corrected chi connectivity index (χ0v) is 12.1. The average molecular weight is 290 g/mol. The standard InChI is InChI=1S/C14H18N4OS/c1-3-14(4-1)8-10(2-6-19-14)17-11-9-16-18-12(11)13-15-5-7-20-13/h5,7,9-10,17H,1-4,6,8H2,(H,16,18). The molecule has 1 atom stereocenters. The first-order valence-corrected chi connectivity index (χ1v) is 8.06. The number of ether oxygens (including phenoxy) is 1. The number of hydrogen-bond acceptors (Lipinski definition) is 5. The molecule has 106 valence electrons. The van der Waals surface area contributed by atoms with E-state index in [4.69, 9.17) is 4.74 Å². The van der Waals surface area contributed by atoms with E-state index < -0.39 is 0 Å². The molecule has 4 rings (SSSR count). The number of nitrogens with zero attached hydrogens (tertiary/aromatic N) is 2. The first-order chi connectivity index (χ1) is 9.85. The van der Waals surface area contributed by atoms with Crippen molar-refractivity contribution >= 4 is 17.0 Å². The molecule has 2 N–H and O–H groups in total. The number of aromatic nitrogens is 3. The molecule has 1 aliphatic heterocycles. The maximum absolute atomic E-state index is 5.98. The van der Waals surface area contributed by atoms with Crippen LogP contribution in [0.25, 0.3) is 10.7 Å². The zero-order valence-electron chi connectivity index (χ0n) is 11.3. The number of hydrogen-bond donors (Lipinski definition) is 2.